The molecule has 4 heteroatoms. The van der Waals surface area contributed by atoms with Gasteiger partial charge in [-0.1, -0.05) is 118 Å². The SMILES string of the molecule is Cc1cc2c3c(c1)N(c1c(C)cc(C(C)(C)C)cc1C)c1c(oc4ccc(C)cc14)B3C1=C(C3C(C=C1)C(C)(C)CCC3(C)C)N2c1ccc2c(c1)C(C)(C)CCC2(C)C. The molecule has 10 rings (SSSR count). The number of hydrogen-bond donors (Lipinski definition) is 0. The summed E-state index contributed by atoms with van der Waals surface area (Å²) in [7, 11) is 0. The third-order valence-electron chi connectivity index (χ3n) is 16.2. The molecule has 5 aromatic rings. The monoisotopic (exact) mass is 795 g/mol. The van der Waals surface area contributed by atoms with Gasteiger partial charge in [-0.3, -0.25) is 0 Å². The van der Waals surface area contributed by atoms with E-state index in [2.05, 4.69) is 186 Å². The van der Waals surface area contributed by atoms with Crippen LogP contribution in [0.1, 0.15) is 141 Å². The van der Waals surface area contributed by atoms with Crippen LogP contribution in [0.2, 0.25) is 0 Å². The van der Waals surface area contributed by atoms with Crippen molar-refractivity contribution in [2.24, 2.45) is 22.7 Å². The van der Waals surface area contributed by atoms with Gasteiger partial charge in [0.25, 0.3) is 6.71 Å². The Hall–Kier alpha value is -4.44. The highest BCUT2D eigenvalue weighted by atomic mass is 16.3. The second kappa shape index (κ2) is 12.6. The zero-order chi connectivity index (χ0) is 42.8. The molecule has 0 saturated heterocycles. The summed E-state index contributed by atoms with van der Waals surface area (Å²) in [5.41, 5.74) is 22.7. The van der Waals surface area contributed by atoms with Gasteiger partial charge >= 0.3 is 0 Å². The maximum Gasteiger partial charge on any atom is 0.296 e. The summed E-state index contributed by atoms with van der Waals surface area (Å²) in [5.74, 6) is 0.757. The van der Waals surface area contributed by atoms with E-state index in [9.17, 15) is 0 Å². The average Bonchev–Trinajstić information content (AvgIpc) is 3.53. The highest BCUT2D eigenvalue weighted by Gasteiger charge is 2.56. The first-order valence-electron chi connectivity index (χ1n) is 23.0. The van der Waals surface area contributed by atoms with E-state index in [1.165, 1.54) is 115 Å². The molecule has 3 nitrogen and oxygen atoms in total. The summed E-state index contributed by atoms with van der Waals surface area (Å²) in [6, 6.07) is 24.2. The number of aryl methyl sites for hydroxylation is 4. The summed E-state index contributed by atoms with van der Waals surface area (Å²) in [4.78, 5) is 5.39. The standard InChI is InChI=1S/C56H67BN2O/c1-32-16-21-45-38(26-32)49-51(60-45)57-42-20-19-40-46(56(14,15)25-24-54(40,10)11)50(42)58(37-17-18-39-41(31-37)55(12,13)23-22-53(39,8)9)43-27-33(2)28-44(47(43)57)59(49)48-34(3)29-36(30-35(48)4)52(5,6)7/h16-21,26-31,40,46H,22-25H2,1-15H3. The fraction of sp³-hybridized carbons (Fsp3) is 0.464. The first-order valence-corrected chi connectivity index (χ1v) is 23.0. The van der Waals surface area contributed by atoms with Crippen LogP contribution in [0.5, 0.6) is 0 Å². The Labute approximate surface area is 361 Å². The smallest absolute Gasteiger partial charge is 0.296 e. The molecule has 5 aliphatic rings. The minimum absolute atomic E-state index is 0.0405. The molecule has 2 atom stereocenters. The molecule has 1 saturated carbocycles. The predicted octanol–water partition coefficient (Wildman–Crippen LogP) is 14.3. The van der Waals surface area contributed by atoms with Crippen molar-refractivity contribution in [3.8, 4) is 0 Å². The van der Waals surface area contributed by atoms with E-state index >= 15 is 0 Å². The van der Waals surface area contributed by atoms with E-state index in [4.69, 9.17) is 4.42 Å². The Balaban J connectivity index is 1.34. The third-order valence-corrected chi connectivity index (χ3v) is 16.2. The van der Waals surface area contributed by atoms with Crippen LogP contribution >= 0.6 is 0 Å². The molecule has 0 spiro atoms. The Bertz CT molecular complexity index is 2700. The lowest BCUT2D eigenvalue weighted by Crippen LogP contribution is -2.59. The molecule has 1 aromatic heterocycles. The molecule has 2 unspecified atom stereocenters. The number of benzene rings is 4. The largest absolute Gasteiger partial charge is 0.468 e. The van der Waals surface area contributed by atoms with Crippen LogP contribution in [0, 0.1) is 50.4 Å². The maximum absolute atomic E-state index is 7.35. The van der Waals surface area contributed by atoms with Crippen molar-refractivity contribution in [1.29, 1.82) is 0 Å². The maximum atomic E-state index is 7.35. The number of anilines is 5. The van der Waals surface area contributed by atoms with Gasteiger partial charge in [0, 0.05) is 34.1 Å². The molecule has 0 bridgehead atoms. The normalized spacial score (nSPS) is 22.9. The summed E-state index contributed by atoms with van der Waals surface area (Å²) < 4.78 is 7.35. The molecule has 0 radical (unpaired) electrons. The first-order chi connectivity index (χ1) is 28.0. The van der Waals surface area contributed by atoms with Gasteiger partial charge in [0.05, 0.1) is 17.0 Å². The lowest BCUT2D eigenvalue weighted by atomic mass is 9.33. The molecule has 0 N–H and O–H groups in total. The molecule has 4 aromatic carbocycles. The molecular formula is C56H67BN2O. The fourth-order valence-corrected chi connectivity index (χ4v) is 12.5. The Morgan fingerprint density at radius 2 is 1.28 bits per heavy atom. The molecule has 2 aliphatic heterocycles. The van der Waals surface area contributed by atoms with Crippen LogP contribution in [-0.2, 0) is 16.2 Å². The van der Waals surface area contributed by atoms with E-state index in [1.54, 1.807) is 0 Å². The van der Waals surface area contributed by atoms with Crippen LogP contribution < -0.4 is 20.9 Å². The summed E-state index contributed by atoms with van der Waals surface area (Å²) in [6.45, 7) is 36.1. The molecule has 60 heavy (non-hydrogen) atoms. The Morgan fingerprint density at radius 3 is 1.95 bits per heavy atom. The van der Waals surface area contributed by atoms with Gasteiger partial charge in [0.2, 0.25) is 0 Å². The summed E-state index contributed by atoms with van der Waals surface area (Å²) in [5, 5.41) is 1.19. The number of furan rings is 1. The van der Waals surface area contributed by atoms with Crippen molar-refractivity contribution in [1.82, 2.24) is 0 Å². The van der Waals surface area contributed by atoms with E-state index in [-0.39, 0.29) is 33.8 Å². The average molecular weight is 795 g/mol. The molecular weight excluding hydrogens is 727 g/mol. The van der Waals surface area contributed by atoms with Crippen LogP contribution in [0.4, 0.5) is 28.4 Å². The molecule has 1 fully saturated rings. The lowest BCUT2D eigenvalue weighted by Gasteiger charge is -2.57. The molecule has 0 amide bonds. The van der Waals surface area contributed by atoms with Gasteiger partial charge in [0.1, 0.15) is 5.58 Å². The number of nitrogens with zero attached hydrogens (tertiary/aromatic N) is 2. The van der Waals surface area contributed by atoms with Gasteiger partial charge in [-0.25, -0.2) is 0 Å². The quantitative estimate of drug-likeness (QED) is 0.166. The number of hydrogen-bond acceptors (Lipinski definition) is 3. The third kappa shape index (κ3) is 5.60. The fourth-order valence-electron chi connectivity index (χ4n) is 12.5. The van der Waals surface area contributed by atoms with Crippen molar-refractivity contribution in [2.45, 2.75) is 146 Å². The summed E-state index contributed by atoms with van der Waals surface area (Å²) in [6.07, 6.45) is 10.0. The first kappa shape index (κ1) is 39.7. The van der Waals surface area contributed by atoms with Gasteiger partial charge in [-0.05, 0) is 167 Å². The summed E-state index contributed by atoms with van der Waals surface area (Å²) >= 11 is 0. The topological polar surface area (TPSA) is 19.6 Å². The Kier molecular flexibility index (Phi) is 8.32. The predicted molar refractivity (Wildman–Crippen MR) is 257 cm³/mol. The second-order valence-electron chi connectivity index (χ2n) is 23.5. The van der Waals surface area contributed by atoms with Gasteiger partial charge in [-0.15, -0.1) is 0 Å². The van der Waals surface area contributed by atoms with Gasteiger partial charge in [-0.2, -0.15) is 0 Å². The molecule has 310 valence electrons. The van der Waals surface area contributed by atoms with E-state index in [0.717, 1.165) is 11.2 Å². The minimum Gasteiger partial charge on any atom is -0.468 e. The van der Waals surface area contributed by atoms with Crippen molar-refractivity contribution in [2.75, 3.05) is 9.80 Å². The molecule has 3 heterocycles. The van der Waals surface area contributed by atoms with Gasteiger partial charge in [0.15, 0.2) is 0 Å². The minimum atomic E-state index is -0.0405. The van der Waals surface area contributed by atoms with Crippen LogP contribution in [0.3, 0.4) is 0 Å². The van der Waals surface area contributed by atoms with Crippen LogP contribution in [0.25, 0.3) is 11.0 Å². The van der Waals surface area contributed by atoms with Crippen molar-refractivity contribution < 1.29 is 4.42 Å². The van der Waals surface area contributed by atoms with Gasteiger partial charge < -0.3 is 14.2 Å². The van der Waals surface area contributed by atoms with Crippen LogP contribution in [0.15, 0.2) is 88.4 Å². The lowest BCUT2D eigenvalue weighted by molar-refractivity contribution is 0.0254. The highest BCUT2D eigenvalue weighted by molar-refractivity contribution is 6.95. The van der Waals surface area contributed by atoms with E-state index < -0.39 is 0 Å². The Morgan fingerprint density at radius 1 is 0.650 bits per heavy atom. The van der Waals surface area contributed by atoms with Crippen molar-refractivity contribution in [3.63, 3.8) is 0 Å². The number of rotatable bonds is 2. The van der Waals surface area contributed by atoms with Crippen molar-refractivity contribution >= 4 is 57.2 Å². The zero-order valence-corrected chi connectivity index (χ0v) is 39.3. The van der Waals surface area contributed by atoms with E-state index in [1.807, 2.05) is 0 Å². The van der Waals surface area contributed by atoms with E-state index in [0.29, 0.717) is 11.8 Å². The zero-order valence-electron chi connectivity index (χ0n) is 39.3. The highest BCUT2D eigenvalue weighted by Crippen LogP contribution is 2.61. The molecule has 3 aliphatic carbocycles. The van der Waals surface area contributed by atoms with Crippen molar-refractivity contribution in [3.05, 3.63) is 123 Å². The van der Waals surface area contributed by atoms with Crippen LogP contribution in [-0.4, -0.2) is 6.71 Å². The number of allylic oxidation sites excluding steroid dienone is 4. The second-order valence-corrected chi connectivity index (χ2v) is 23.5. The number of fused-ring (bicyclic) bond motifs is 8.